The highest BCUT2D eigenvalue weighted by molar-refractivity contribution is 6.08. The van der Waals surface area contributed by atoms with Crippen LogP contribution in [0.1, 0.15) is 10.4 Å². The van der Waals surface area contributed by atoms with Gasteiger partial charge in [0.1, 0.15) is 0 Å². The summed E-state index contributed by atoms with van der Waals surface area (Å²) < 4.78 is 88.1. The van der Waals surface area contributed by atoms with Gasteiger partial charge < -0.3 is 25.3 Å². The molecule has 0 radical (unpaired) electrons. The fourth-order valence-electron chi connectivity index (χ4n) is 2.19. The molecule has 0 aliphatic carbocycles. The molecule has 1 aliphatic heterocycles. The van der Waals surface area contributed by atoms with Crippen molar-refractivity contribution in [3.05, 3.63) is 41.7 Å². The van der Waals surface area contributed by atoms with Gasteiger partial charge in [-0.25, -0.2) is 4.39 Å². The third-order valence-corrected chi connectivity index (χ3v) is 3.23. The van der Waals surface area contributed by atoms with Gasteiger partial charge in [-0.3, -0.25) is 4.79 Å². The number of ether oxygens (including phenoxy) is 3. The van der Waals surface area contributed by atoms with E-state index in [1.165, 1.54) is 0 Å². The number of amides is 1. The normalized spacial score (nSPS) is 14.7. The number of benzene rings is 2. The smallest absolute Gasteiger partial charge is 0.403 e. The molecule has 2 aromatic carbocycles. The number of carbonyl (C=O) groups excluding carboxylic acids is 1. The van der Waals surface area contributed by atoms with Gasteiger partial charge in [-0.05, 0) is 18.2 Å². The van der Waals surface area contributed by atoms with Crippen LogP contribution in [0.5, 0.6) is 17.2 Å². The first-order valence-corrected chi connectivity index (χ1v) is 6.99. The maximum absolute atomic E-state index is 13.4. The molecule has 1 heterocycles. The second-order valence-corrected chi connectivity index (χ2v) is 5.20. The molecule has 2 aromatic rings. The number of carbonyl (C=O) groups is 1. The van der Waals surface area contributed by atoms with Crippen LogP contribution in [-0.2, 0) is 0 Å². The zero-order valence-corrected chi connectivity index (χ0v) is 12.9. The van der Waals surface area contributed by atoms with Crippen LogP contribution in [0.2, 0.25) is 0 Å². The Labute approximate surface area is 146 Å². The van der Waals surface area contributed by atoms with Crippen molar-refractivity contribution in [1.82, 2.24) is 0 Å². The average Bonchev–Trinajstić information content (AvgIpc) is 2.81. The molecule has 1 amide bonds. The predicted octanol–water partition coefficient (Wildman–Crippen LogP) is 3.88. The van der Waals surface area contributed by atoms with Crippen molar-refractivity contribution in [2.45, 2.75) is 12.7 Å². The molecule has 1 aliphatic rings. The van der Waals surface area contributed by atoms with Crippen LogP contribution in [-0.4, -0.2) is 18.6 Å². The van der Waals surface area contributed by atoms with Crippen LogP contribution in [0.3, 0.4) is 0 Å². The summed E-state index contributed by atoms with van der Waals surface area (Å²) in [6, 6.07) is 4.00. The van der Waals surface area contributed by atoms with E-state index in [0.717, 1.165) is 18.2 Å². The van der Waals surface area contributed by atoms with Crippen molar-refractivity contribution < 1.29 is 45.3 Å². The third-order valence-electron chi connectivity index (χ3n) is 3.23. The molecule has 0 bridgehead atoms. The van der Waals surface area contributed by atoms with Gasteiger partial charge in [0.25, 0.3) is 5.91 Å². The molecule has 12 heteroatoms. The summed E-state index contributed by atoms with van der Waals surface area (Å²) >= 11 is 0. The minimum atomic E-state index is -5.14. The van der Waals surface area contributed by atoms with Crippen LogP contribution < -0.4 is 25.3 Å². The summed E-state index contributed by atoms with van der Waals surface area (Å²) in [5, 5.41) is 2.15. The Bertz CT molecular complexity index is 916. The Hall–Kier alpha value is -3.31. The maximum Gasteiger partial charge on any atom is 0.586 e. The van der Waals surface area contributed by atoms with E-state index < -0.39 is 41.6 Å². The van der Waals surface area contributed by atoms with Crippen molar-refractivity contribution >= 4 is 17.3 Å². The molecule has 0 saturated heterocycles. The minimum Gasteiger partial charge on any atom is -0.403 e. The fraction of sp³-hybridized carbons (Fsp3) is 0.133. The van der Waals surface area contributed by atoms with Gasteiger partial charge in [0.15, 0.2) is 23.1 Å². The number of nitrogens with two attached hydrogens (primary N) is 1. The van der Waals surface area contributed by atoms with Gasteiger partial charge in [0.05, 0.1) is 5.56 Å². The summed E-state index contributed by atoms with van der Waals surface area (Å²) in [4.78, 5) is 12.2. The first-order chi connectivity index (χ1) is 12.4. The third kappa shape index (κ3) is 4.10. The summed E-state index contributed by atoms with van der Waals surface area (Å²) in [6.45, 7) is 0. The highest BCUT2D eigenvalue weighted by Crippen LogP contribution is 2.43. The number of hydrogen-bond donors (Lipinski definition) is 2. The summed E-state index contributed by atoms with van der Waals surface area (Å²) in [5.41, 5.74) is 4.75. The number of hydrogen-bond acceptors (Lipinski definition) is 5. The SMILES string of the molecule is Nc1cc2c(cc1C(=O)Nc1ccc(F)c(OC(F)(F)F)c1)OC(F)(F)O2. The number of nitrogens with one attached hydrogen (secondary N) is 1. The molecular formula is C15H8F6N2O4. The van der Waals surface area contributed by atoms with Crippen molar-refractivity contribution in [3.8, 4) is 17.2 Å². The molecule has 0 aromatic heterocycles. The Balaban J connectivity index is 1.84. The minimum absolute atomic E-state index is 0.261. The molecule has 27 heavy (non-hydrogen) atoms. The quantitative estimate of drug-likeness (QED) is 0.610. The lowest BCUT2D eigenvalue weighted by atomic mass is 10.1. The van der Waals surface area contributed by atoms with Crippen LogP contribution in [0.4, 0.5) is 37.7 Å². The molecule has 3 rings (SSSR count). The number of alkyl halides is 5. The molecule has 0 spiro atoms. The Kier molecular flexibility index (Phi) is 4.20. The van der Waals surface area contributed by atoms with E-state index in [1.54, 1.807) is 0 Å². The highest BCUT2D eigenvalue weighted by atomic mass is 19.4. The molecule has 6 nitrogen and oxygen atoms in total. The zero-order chi connectivity index (χ0) is 20.0. The summed E-state index contributed by atoms with van der Waals surface area (Å²) in [5.74, 6) is -4.30. The van der Waals surface area contributed by atoms with E-state index in [1.807, 2.05) is 0 Å². The van der Waals surface area contributed by atoms with E-state index in [2.05, 4.69) is 19.5 Å². The van der Waals surface area contributed by atoms with Gasteiger partial charge in [-0.15, -0.1) is 22.0 Å². The lowest BCUT2D eigenvalue weighted by Crippen LogP contribution is -2.25. The maximum atomic E-state index is 13.4. The number of nitrogen functional groups attached to an aromatic ring is 1. The molecule has 0 unspecified atom stereocenters. The van der Waals surface area contributed by atoms with Gasteiger partial charge in [-0.2, -0.15) is 0 Å². The zero-order valence-electron chi connectivity index (χ0n) is 12.9. The van der Waals surface area contributed by atoms with Gasteiger partial charge in [0, 0.05) is 23.5 Å². The Morgan fingerprint density at radius 3 is 2.37 bits per heavy atom. The monoisotopic (exact) mass is 394 g/mol. The standard InChI is InChI=1S/C15H8F6N2O4/c16-8-2-1-6(3-10(8)25-14(17,18)19)23-13(24)7-4-11-12(5-9(7)22)27-15(20,21)26-11/h1-5H,22H2,(H,23,24). The summed E-state index contributed by atoms with van der Waals surface area (Å²) in [7, 11) is 0. The van der Waals surface area contributed by atoms with Crippen LogP contribution in [0.15, 0.2) is 30.3 Å². The molecule has 3 N–H and O–H groups in total. The van der Waals surface area contributed by atoms with Crippen LogP contribution in [0.25, 0.3) is 0 Å². The number of rotatable bonds is 3. The molecule has 0 fully saturated rings. The van der Waals surface area contributed by atoms with Crippen molar-refractivity contribution in [2.75, 3.05) is 11.1 Å². The van der Waals surface area contributed by atoms with Crippen molar-refractivity contribution in [2.24, 2.45) is 0 Å². The first-order valence-electron chi connectivity index (χ1n) is 6.99. The van der Waals surface area contributed by atoms with Gasteiger partial charge >= 0.3 is 12.7 Å². The number of halogens is 6. The Morgan fingerprint density at radius 1 is 1.11 bits per heavy atom. The highest BCUT2D eigenvalue weighted by Gasteiger charge is 2.44. The summed E-state index contributed by atoms with van der Waals surface area (Å²) in [6.07, 6.45) is -9.07. The molecule has 0 saturated carbocycles. The van der Waals surface area contributed by atoms with Crippen LogP contribution >= 0.6 is 0 Å². The topological polar surface area (TPSA) is 82.8 Å². The van der Waals surface area contributed by atoms with E-state index in [9.17, 15) is 31.1 Å². The number of anilines is 2. The van der Waals surface area contributed by atoms with Crippen molar-refractivity contribution in [3.63, 3.8) is 0 Å². The average molecular weight is 394 g/mol. The second kappa shape index (κ2) is 6.14. The van der Waals surface area contributed by atoms with Gasteiger partial charge in [0.2, 0.25) is 0 Å². The molecular weight excluding hydrogens is 386 g/mol. The first kappa shape index (κ1) is 18.5. The number of fused-ring (bicyclic) bond motifs is 1. The molecule has 144 valence electrons. The van der Waals surface area contributed by atoms with Crippen molar-refractivity contribution in [1.29, 1.82) is 0 Å². The molecule has 0 atom stereocenters. The lowest BCUT2D eigenvalue weighted by molar-refractivity contribution is -0.286. The fourth-order valence-corrected chi connectivity index (χ4v) is 2.19. The second-order valence-electron chi connectivity index (χ2n) is 5.20. The van der Waals surface area contributed by atoms with E-state index in [0.29, 0.717) is 12.1 Å². The van der Waals surface area contributed by atoms with E-state index in [4.69, 9.17) is 5.73 Å². The Morgan fingerprint density at radius 2 is 1.74 bits per heavy atom. The van der Waals surface area contributed by atoms with E-state index >= 15 is 0 Å². The van der Waals surface area contributed by atoms with Gasteiger partial charge in [-0.1, -0.05) is 0 Å². The lowest BCUT2D eigenvalue weighted by Gasteiger charge is -2.12. The largest absolute Gasteiger partial charge is 0.586 e. The predicted molar refractivity (Wildman–Crippen MR) is 78.1 cm³/mol. The van der Waals surface area contributed by atoms with E-state index in [-0.39, 0.29) is 16.9 Å². The van der Waals surface area contributed by atoms with Crippen LogP contribution in [0, 0.1) is 5.82 Å².